The summed E-state index contributed by atoms with van der Waals surface area (Å²) in [5.41, 5.74) is 1.64. The number of nitrogens with one attached hydrogen (secondary N) is 2. The molecule has 1 amide bonds. The molecule has 3 aromatic rings. The summed E-state index contributed by atoms with van der Waals surface area (Å²) in [6.07, 6.45) is 0.697. The van der Waals surface area contributed by atoms with Crippen LogP contribution in [0, 0.1) is 0 Å². The van der Waals surface area contributed by atoms with E-state index in [9.17, 15) is 13.2 Å². The normalized spacial score (nSPS) is 11.1. The summed E-state index contributed by atoms with van der Waals surface area (Å²) < 4.78 is 32.2. The van der Waals surface area contributed by atoms with Crippen LogP contribution in [0.2, 0.25) is 0 Å². The number of ether oxygens (including phenoxy) is 1. The van der Waals surface area contributed by atoms with Crippen LogP contribution >= 0.6 is 11.3 Å². The number of thiazole rings is 1. The number of methoxy groups -OCH3 is 1. The predicted octanol–water partition coefficient (Wildman–Crippen LogP) is 3.20. The molecule has 1 aromatic heterocycles. The number of nitrogens with zero attached hydrogens (tertiary/aromatic N) is 1. The first-order valence-corrected chi connectivity index (χ1v) is 11.2. The van der Waals surface area contributed by atoms with Crippen molar-refractivity contribution < 1.29 is 17.9 Å². The monoisotopic (exact) mass is 431 g/mol. The molecule has 29 heavy (non-hydrogen) atoms. The summed E-state index contributed by atoms with van der Waals surface area (Å²) in [4.78, 5) is 16.5. The molecule has 0 aliphatic rings. The molecule has 0 bridgehead atoms. The lowest BCUT2D eigenvalue weighted by Crippen LogP contribution is -2.23. The van der Waals surface area contributed by atoms with Gasteiger partial charge in [0.05, 0.1) is 17.7 Å². The molecule has 0 saturated carbocycles. The van der Waals surface area contributed by atoms with Gasteiger partial charge in [0.15, 0.2) is 5.13 Å². The number of aryl methyl sites for hydroxylation is 1. The molecule has 0 unspecified atom stereocenters. The van der Waals surface area contributed by atoms with Crippen molar-refractivity contribution in [2.45, 2.75) is 24.3 Å². The number of rotatable bonds is 9. The topological polar surface area (TPSA) is 97.4 Å². The van der Waals surface area contributed by atoms with E-state index in [4.69, 9.17) is 4.74 Å². The number of amides is 1. The molecule has 0 aliphatic heterocycles. The van der Waals surface area contributed by atoms with Gasteiger partial charge in [-0.25, -0.2) is 13.4 Å². The third-order valence-electron chi connectivity index (χ3n) is 4.08. The Hall–Kier alpha value is -2.91. The average Bonchev–Trinajstić information content (AvgIpc) is 3.18. The van der Waals surface area contributed by atoms with E-state index in [-0.39, 0.29) is 22.4 Å². The summed E-state index contributed by atoms with van der Waals surface area (Å²) in [7, 11) is -2.06. The Kier molecular flexibility index (Phi) is 6.84. The van der Waals surface area contributed by atoms with Crippen LogP contribution in [0.4, 0.5) is 5.13 Å². The highest BCUT2D eigenvalue weighted by Crippen LogP contribution is 2.20. The van der Waals surface area contributed by atoms with Crippen LogP contribution in [0.5, 0.6) is 5.75 Å². The van der Waals surface area contributed by atoms with Crippen molar-refractivity contribution in [2.75, 3.05) is 11.8 Å². The Balaban J connectivity index is 1.48. The second-order valence-electron chi connectivity index (χ2n) is 6.19. The van der Waals surface area contributed by atoms with Gasteiger partial charge in [0.25, 0.3) is 10.0 Å². The maximum Gasteiger partial charge on any atom is 0.263 e. The molecular weight excluding hydrogens is 410 g/mol. The van der Waals surface area contributed by atoms with E-state index in [2.05, 4.69) is 15.0 Å². The van der Waals surface area contributed by atoms with E-state index in [1.165, 1.54) is 23.5 Å². The first-order chi connectivity index (χ1) is 14.0. The zero-order chi connectivity index (χ0) is 20.7. The molecule has 0 fully saturated rings. The van der Waals surface area contributed by atoms with E-state index in [1.54, 1.807) is 30.7 Å². The SMILES string of the molecule is COc1ccc(CNC(=O)CCc2csc(NS(=O)(=O)c3ccccc3)n2)cc1. The fourth-order valence-electron chi connectivity index (χ4n) is 2.52. The molecule has 7 nitrogen and oxygen atoms in total. The lowest BCUT2D eigenvalue weighted by Gasteiger charge is -2.06. The number of anilines is 1. The van der Waals surface area contributed by atoms with Gasteiger partial charge in [0, 0.05) is 18.3 Å². The molecule has 2 aromatic carbocycles. The largest absolute Gasteiger partial charge is 0.497 e. The van der Waals surface area contributed by atoms with Crippen LogP contribution in [-0.2, 0) is 27.8 Å². The maximum absolute atomic E-state index is 12.3. The van der Waals surface area contributed by atoms with Crippen molar-refractivity contribution in [1.82, 2.24) is 10.3 Å². The quantitative estimate of drug-likeness (QED) is 0.542. The Morgan fingerprint density at radius 2 is 1.83 bits per heavy atom. The van der Waals surface area contributed by atoms with Crippen molar-refractivity contribution in [1.29, 1.82) is 0 Å². The lowest BCUT2D eigenvalue weighted by atomic mass is 10.2. The van der Waals surface area contributed by atoms with Gasteiger partial charge in [0.2, 0.25) is 5.91 Å². The first-order valence-electron chi connectivity index (χ1n) is 8.88. The number of carbonyl (C=O) groups excluding carboxylic acids is 1. The van der Waals surface area contributed by atoms with Crippen LogP contribution in [0.25, 0.3) is 0 Å². The standard InChI is InChI=1S/C20H21N3O4S2/c1-27-17-10-7-15(8-11-17)13-21-19(24)12-9-16-14-28-20(22-16)23-29(25,26)18-5-3-2-4-6-18/h2-8,10-11,14H,9,12-13H2,1H3,(H,21,24)(H,22,23). The summed E-state index contributed by atoms with van der Waals surface area (Å²) in [5, 5.41) is 4.89. The predicted molar refractivity (Wildman–Crippen MR) is 113 cm³/mol. The highest BCUT2D eigenvalue weighted by atomic mass is 32.2. The molecule has 0 atom stereocenters. The van der Waals surface area contributed by atoms with Gasteiger partial charge in [-0.1, -0.05) is 30.3 Å². The molecule has 0 aliphatic carbocycles. The molecular formula is C20H21N3O4S2. The zero-order valence-electron chi connectivity index (χ0n) is 15.8. The van der Waals surface area contributed by atoms with E-state index >= 15 is 0 Å². The lowest BCUT2D eigenvalue weighted by molar-refractivity contribution is -0.121. The highest BCUT2D eigenvalue weighted by Gasteiger charge is 2.15. The second kappa shape index (κ2) is 9.53. The number of carbonyl (C=O) groups is 1. The number of sulfonamides is 1. The molecule has 152 valence electrons. The first kappa shape index (κ1) is 20.8. The van der Waals surface area contributed by atoms with Gasteiger partial charge in [-0.05, 0) is 36.2 Å². The Bertz CT molecular complexity index is 1050. The maximum atomic E-state index is 12.3. The summed E-state index contributed by atoms with van der Waals surface area (Å²) in [6.45, 7) is 0.433. The van der Waals surface area contributed by atoms with Gasteiger partial charge in [-0.15, -0.1) is 11.3 Å². The molecule has 1 heterocycles. The van der Waals surface area contributed by atoms with Crippen molar-refractivity contribution in [3.63, 3.8) is 0 Å². The summed E-state index contributed by atoms with van der Waals surface area (Å²) >= 11 is 1.19. The minimum atomic E-state index is -3.67. The van der Waals surface area contributed by atoms with E-state index < -0.39 is 10.0 Å². The van der Waals surface area contributed by atoms with Crippen molar-refractivity contribution in [2.24, 2.45) is 0 Å². The minimum Gasteiger partial charge on any atom is -0.497 e. The summed E-state index contributed by atoms with van der Waals surface area (Å²) in [5.74, 6) is 0.669. The van der Waals surface area contributed by atoms with Crippen LogP contribution < -0.4 is 14.8 Å². The third kappa shape index (κ3) is 6.03. The Labute approximate surface area is 173 Å². The number of benzene rings is 2. The van der Waals surface area contributed by atoms with Gasteiger partial charge < -0.3 is 10.1 Å². The molecule has 0 radical (unpaired) electrons. The van der Waals surface area contributed by atoms with E-state index in [0.29, 0.717) is 18.7 Å². The molecule has 2 N–H and O–H groups in total. The van der Waals surface area contributed by atoms with Gasteiger partial charge in [-0.2, -0.15) is 0 Å². The number of hydrogen-bond donors (Lipinski definition) is 2. The highest BCUT2D eigenvalue weighted by molar-refractivity contribution is 7.93. The fraction of sp³-hybridized carbons (Fsp3) is 0.200. The van der Waals surface area contributed by atoms with E-state index in [0.717, 1.165) is 11.3 Å². The molecule has 3 rings (SSSR count). The van der Waals surface area contributed by atoms with Gasteiger partial charge in [-0.3, -0.25) is 9.52 Å². The molecule has 9 heteroatoms. The second-order valence-corrected chi connectivity index (χ2v) is 8.73. The van der Waals surface area contributed by atoms with Crippen LogP contribution in [0.1, 0.15) is 17.7 Å². The Morgan fingerprint density at radius 1 is 1.10 bits per heavy atom. The number of aromatic nitrogens is 1. The van der Waals surface area contributed by atoms with Crippen molar-refractivity contribution in [3.8, 4) is 5.75 Å². The molecule has 0 saturated heterocycles. The van der Waals surface area contributed by atoms with E-state index in [1.807, 2.05) is 24.3 Å². The fourth-order valence-corrected chi connectivity index (χ4v) is 4.53. The minimum absolute atomic E-state index is 0.0970. The molecule has 0 spiro atoms. The van der Waals surface area contributed by atoms with Gasteiger partial charge >= 0.3 is 0 Å². The van der Waals surface area contributed by atoms with Crippen LogP contribution in [0.15, 0.2) is 64.9 Å². The zero-order valence-corrected chi connectivity index (χ0v) is 17.4. The summed E-state index contributed by atoms with van der Waals surface area (Å²) in [6, 6.07) is 15.6. The van der Waals surface area contributed by atoms with Crippen LogP contribution in [0.3, 0.4) is 0 Å². The van der Waals surface area contributed by atoms with Crippen molar-refractivity contribution in [3.05, 3.63) is 71.2 Å². The average molecular weight is 432 g/mol. The smallest absolute Gasteiger partial charge is 0.263 e. The Morgan fingerprint density at radius 3 is 2.52 bits per heavy atom. The van der Waals surface area contributed by atoms with Gasteiger partial charge in [0.1, 0.15) is 5.75 Å². The van der Waals surface area contributed by atoms with Crippen LogP contribution in [-0.4, -0.2) is 26.4 Å². The number of hydrogen-bond acceptors (Lipinski definition) is 6. The van der Waals surface area contributed by atoms with Crippen molar-refractivity contribution >= 4 is 32.4 Å². The third-order valence-corrected chi connectivity index (χ3v) is 6.37.